The summed E-state index contributed by atoms with van der Waals surface area (Å²) in [6.07, 6.45) is 12.0. The summed E-state index contributed by atoms with van der Waals surface area (Å²) >= 11 is 0. The third kappa shape index (κ3) is 1.70. The van der Waals surface area contributed by atoms with E-state index in [4.69, 9.17) is 4.74 Å². The molecule has 0 spiro atoms. The Hall–Kier alpha value is -0.460. The molecule has 4 bridgehead atoms. The van der Waals surface area contributed by atoms with Crippen LogP contribution in [0.5, 0.6) is 0 Å². The summed E-state index contributed by atoms with van der Waals surface area (Å²) in [5.74, 6) is 3.21. The molecule has 0 radical (unpaired) electrons. The van der Waals surface area contributed by atoms with Crippen molar-refractivity contribution in [3.8, 4) is 0 Å². The van der Waals surface area contributed by atoms with E-state index in [1.54, 1.807) is 25.5 Å². The molecule has 0 amide bonds. The molecule has 0 aromatic heterocycles. The first kappa shape index (κ1) is 9.74. The molecule has 0 aromatic rings. The van der Waals surface area contributed by atoms with Crippen molar-refractivity contribution >= 4 is 0 Å². The number of hydrogen-bond acceptors (Lipinski definition) is 1. The van der Waals surface area contributed by atoms with Gasteiger partial charge in [0.25, 0.3) is 0 Å². The first-order valence-electron chi connectivity index (χ1n) is 6.52. The van der Waals surface area contributed by atoms with Gasteiger partial charge in [0.15, 0.2) is 0 Å². The van der Waals surface area contributed by atoms with E-state index in [0.29, 0.717) is 5.41 Å². The van der Waals surface area contributed by atoms with E-state index in [9.17, 15) is 0 Å². The van der Waals surface area contributed by atoms with Crippen LogP contribution >= 0.6 is 0 Å². The van der Waals surface area contributed by atoms with Gasteiger partial charge in [-0.15, -0.1) is 0 Å². The number of ether oxygens (including phenoxy) is 1. The minimum Gasteiger partial charge on any atom is -0.502 e. The van der Waals surface area contributed by atoms with Crippen LogP contribution in [0.3, 0.4) is 0 Å². The highest BCUT2D eigenvalue weighted by Crippen LogP contribution is 2.61. The zero-order valence-corrected chi connectivity index (χ0v) is 9.58. The van der Waals surface area contributed by atoms with E-state index in [2.05, 4.69) is 6.58 Å². The average Bonchev–Trinajstić information content (AvgIpc) is 2.15. The Morgan fingerprint density at radius 1 is 1.07 bits per heavy atom. The van der Waals surface area contributed by atoms with Gasteiger partial charge in [-0.2, -0.15) is 0 Å². The molecule has 0 heterocycles. The van der Waals surface area contributed by atoms with E-state index in [1.165, 1.54) is 25.7 Å². The summed E-state index contributed by atoms with van der Waals surface area (Å²) < 4.78 is 5.34. The van der Waals surface area contributed by atoms with Gasteiger partial charge < -0.3 is 4.74 Å². The Bertz CT molecular complexity index is 221. The van der Waals surface area contributed by atoms with Gasteiger partial charge in [0.2, 0.25) is 0 Å². The molecule has 1 nitrogen and oxygen atoms in total. The molecule has 4 fully saturated rings. The molecule has 15 heavy (non-hydrogen) atoms. The molecule has 0 N–H and O–H groups in total. The molecule has 0 aliphatic heterocycles. The lowest BCUT2D eigenvalue weighted by Crippen LogP contribution is -2.46. The summed E-state index contributed by atoms with van der Waals surface area (Å²) in [4.78, 5) is 0. The topological polar surface area (TPSA) is 9.23 Å². The minimum absolute atomic E-state index is 0.678. The number of rotatable bonds is 4. The van der Waals surface area contributed by atoms with Crippen LogP contribution in [0.1, 0.15) is 44.9 Å². The lowest BCUT2D eigenvalue weighted by molar-refractivity contribution is -0.0643. The van der Waals surface area contributed by atoms with Crippen molar-refractivity contribution in [2.75, 3.05) is 6.61 Å². The van der Waals surface area contributed by atoms with Gasteiger partial charge in [-0.05, 0) is 68.1 Å². The van der Waals surface area contributed by atoms with Crippen LogP contribution in [-0.2, 0) is 4.74 Å². The Morgan fingerprint density at radius 3 is 2.07 bits per heavy atom. The lowest BCUT2D eigenvalue weighted by atomic mass is 9.49. The van der Waals surface area contributed by atoms with Gasteiger partial charge in [-0.25, -0.2) is 0 Å². The molecule has 0 saturated heterocycles. The standard InChI is InChI=1S/C14H22O/c1-2-15-4-3-14-8-11-5-12(9-14)7-13(6-11)10-14/h2,11-13H,1,3-10H2. The van der Waals surface area contributed by atoms with E-state index in [1.807, 2.05) is 0 Å². The Balaban J connectivity index is 1.67. The first-order valence-corrected chi connectivity index (χ1v) is 6.52. The zero-order valence-electron chi connectivity index (χ0n) is 9.58. The van der Waals surface area contributed by atoms with Crippen molar-refractivity contribution in [3.63, 3.8) is 0 Å². The van der Waals surface area contributed by atoms with Crippen molar-refractivity contribution in [1.82, 2.24) is 0 Å². The lowest BCUT2D eigenvalue weighted by Gasteiger charge is -2.57. The molecule has 84 valence electrons. The summed E-state index contributed by atoms with van der Waals surface area (Å²) in [5.41, 5.74) is 0.678. The first-order chi connectivity index (χ1) is 7.30. The highest BCUT2D eigenvalue weighted by Gasteiger charge is 2.50. The van der Waals surface area contributed by atoms with E-state index in [-0.39, 0.29) is 0 Å². The van der Waals surface area contributed by atoms with Crippen molar-refractivity contribution in [1.29, 1.82) is 0 Å². The largest absolute Gasteiger partial charge is 0.502 e. The fraction of sp³-hybridized carbons (Fsp3) is 0.857. The Labute approximate surface area is 92.9 Å². The van der Waals surface area contributed by atoms with Gasteiger partial charge in [-0.3, -0.25) is 0 Å². The third-order valence-electron chi connectivity index (χ3n) is 5.03. The summed E-state index contributed by atoms with van der Waals surface area (Å²) in [6.45, 7) is 4.52. The number of hydrogen-bond donors (Lipinski definition) is 0. The fourth-order valence-corrected chi connectivity index (χ4v) is 4.95. The fourth-order valence-electron chi connectivity index (χ4n) is 4.95. The van der Waals surface area contributed by atoms with Crippen LogP contribution in [0.4, 0.5) is 0 Å². The van der Waals surface area contributed by atoms with Crippen LogP contribution in [0.2, 0.25) is 0 Å². The maximum Gasteiger partial charge on any atom is 0.0878 e. The van der Waals surface area contributed by atoms with E-state index < -0.39 is 0 Å². The molecule has 1 heteroatoms. The van der Waals surface area contributed by atoms with Crippen LogP contribution < -0.4 is 0 Å². The summed E-state index contributed by atoms with van der Waals surface area (Å²) in [5, 5.41) is 0. The summed E-state index contributed by atoms with van der Waals surface area (Å²) in [6, 6.07) is 0. The van der Waals surface area contributed by atoms with Gasteiger partial charge in [0.1, 0.15) is 0 Å². The van der Waals surface area contributed by atoms with Crippen LogP contribution in [0.25, 0.3) is 0 Å². The summed E-state index contributed by atoms with van der Waals surface area (Å²) in [7, 11) is 0. The quantitative estimate of drug-likeness (QED) is 0.503. The second kappa shape index (κ2) is 3.54. The van der Waals surface area contributed by atoms with Gasteiger partial charge in [-0.1, -0.05) is 6.58 Å². The van der Waals surface area contributed by atoms with Crippen molar-refractivity contribution < 1.29 is 4.74 Å². The van der Waals surface area contributed by atoms with Crippen molar-refractivity contribution in [3.05, 3.63) is 12.8 Å². The monoisotopic (exact) mass is 206 g/mol. The highest BCUT2D eigenvalue weighted by atomic mass is 16.5. The predicted octanol–water partition coefficient (Wildman–Crippen LogP) is 3.75. The molecular formula is C14H22O. The second-order valence-electron chi connectivity index (χ2n) is 6.21. The molecule has 0 atom stereocenters. The van der Waals surface area contributed by atoms with Gasteiger partial charge in [0.05, 0.1) is 12.9 Å². The normalized spacial score (nSPS) is 46.8. The average molecular weight is 206 g/mol. The van der Waals surface area contributed by atoms with Crippen LogP contribution in [0, 0.1) is 23.2 Å². The molecule has 4 saturated carbocycles. The molecule has 4 rings (SSSR count). The molecule has 0 aromatic carbocycles. The molecule has 0 unspecified atom stereocenters. The maximum absolute atomic E-state index is 5.34. The molecule has 4 aliphatic carbocycles. The van der Waals surface area contributed by atoms with Crippen LogP contribution in [0.15, 0.2) is 12.8 Å². The van der Waals surface area contributed by atoms with Crippen molar-refractivity contribution in [2.24, 2.45) is 23.2 Å². The zero-order chi connectivity index (χ0) is 10.3. The second-order valence-corrected chi connectivity index (χ2v) is 6.21. The molecular weight excluding hydrogens is 184 g/mol. The third-order valence-corrected chi connectivity index (χ3v) is 5.03. The predicted molar refractivity (Wildman–Crippen MR) is 61.4 cm³/mol. The molecule has 4 aliphatic rings. The minimum atomic E-state index is 0.678. The van der Waals surface area contributed by atoms with Gasteiger partial charge >= 0.3 is 0 Å². The highest BCUT2D eigenvalue weighted by molar-refractivity contribution is 5.01. The Kier molecular flexibility index (Phi) is 2.30. The Morgan fingerprint density at radius 2 is 1.60 bits per heavy atom. The van der Waals surface area contributed by atoms with E-state index in [0.717, 1.165) is 24.4 Å². The smallest absolute Gasteiger partial charge is 0.0878 e. The maximum atomic E-state index is 5.34. The van der Waals surface area contributed by atoms with E-state index >= 15 is 0 Å². The SMILES string of the molecule is C=COCCC12CC3CC(CC(C3)C1)C2. The van der Waals surface area contributed by atoms with Crippen molar-refractivity contribution in [2.45, 2.75) is 44.9 Å². The van der Waals surface area contributed by atoms with Crippen LogP contribution in [-0.4, -0.2) is 6.61 Å². The van der Waals surface area contributed by atoms with Gasteiger partial charge in [0, 0.05) is 0 Å².